The molecule has 0 saturated heterocycles. The molecule has 3 rings (SSSR count). The third-order valence-corrected chi connectivity index (χ3v) is 3.58. The Bertz CT molecular complexity index is 547. The molecule has 88 valence electrons. The first-order valence-corrected chi connectivity index (χ1v) is 6.21. The number of aliphatic hydroxyl groups excluding tert-OH is 1. The lowest BCUT2D eigenvalue weighted by Crippen LogP contribution is -1.99. The van der Waals surface area contributed by atoms with Crippen LogP contribution >= 0.6 is 15.9 Å². The quantitative estimate of drug-likeness (QED) is 0.926. The lowest BCUT2D eigenvalue weighted by molar-refractivity contribution is 0.188. The van der Waals surface area contributed by atoms with Crippen LogP contribution in [-0.2, 0) is 6.42 Å². The molecule has 1 aromatic carbocycles. The van der Waals surface area contributed by atoms with Gasteiger partial charge < -0.3 is 14.3 Å². The van der Waals surface area contributed by atoms with Gasteiger partial charge in [-0.25, -0.2) is 0 Å². The molecule has 17 heavy (non-hydrogen) atoms. The van der Waals surface area contributed by atoms with Crippen molar-refractivity contribution in [2.24, 2.45) is 0 Å². The maximum atomic E-state index is 10.2. The molecule has 1 aromatic heterocycles. The van der Waals surface area contributed by atoms with Crippen LogP contribution in [0.4, 0.5) is 0 Å². The van der Waals surface area contributed by atoms with E-state index in [-0.39, 0.29) is 0 Å². The molecular formula is C13H11BrO3. The van der Waals surface area contributed by atoms with Crippen molar-refractivity contribution in [1.82, 2.24) is 0 Å². The van der Waals surface area contributed by atoms with E-state index in [1.807, 2.05) is 18.2 Å². The molecule has 1 unspecified atom stereocenters. The molecule has 0 saturated carbocycles. The maximum Gasteiger partial charge on any atom is 0.150 e. The minimum Gasteiger partial charge on any atom is -0.493 e. The largest absolute Gasteiger partial charge is 0.493 e. The number of halogens is 1. The zero-order valence-electron chi connectivity index (χ0n) is 9.02. The van der Waals surface area contributed by atoms with Crippen molar-refractivity contribution in [3.8, 4) is 5.75 Å². The van der Waals surface area contributed by atoms with E-state index in [2.05, 4.69) is 15.9 Å². The van der Waals surface area contributed by atoms with Gasteiger partial charge in [-0.2, -0.15) is 0 Å². The van der Waals surface area contributed by atoms with E-state index < -0.39 is 6.10 Å². The number of rotatable bonds is 2. The van der Waals surface area contributed by atoms with Crippen molar-refractivity contribution in [2.45, 2.75) is 12.5 Å². The summed E-state index contributed by atoms with van der Waals surface area (Å²) in [7, 11) is 0. The van der Waals surface area contributed by atoms with E-state index in [9.17, 15) is 5.11 Å². The number of ether oxygens (including phenoxy) is 1. The Hall–Kier alpha value is -1.26. The second-order valence-electron chi connectivity index (χ2n) is 4.00. The Morgan fingerprint density at radius 3 is 2.94 bits per heavy atom. The van der Waals surface area contributed by atoms with Crippen LogP contribution in [0.5, 0.6) is 5.75 Å². The van der Waals surface area contributed by atoms with Crippen LogP contribution in [0.1, 0.15) is 23.0 Å². The Morgan fingerprint density at radius 1 is 1.29 bits per heavy atom. The van der Waals surface area contributed by atoms with Crippen molar-refractivity contribution >= 4 is 15.9 Å². The van der Waals surface area contributed by atoms with Crippen molar-refractivity contribution in [3.63, 3.8) is 0 Å². The van der Waals surface area contributed by atoms with Crippen molar-refractivity contribution in [1.29, 1.82) is 0 Å². The topological polar surface area (TPSA) is 42.6 Å². The molecule has 2 aromatic rings. The van der Waals surface area contributed by atoms with Gasteiger partial charge in [0.1, 0.15) is 11.9 Å². The number of hydrogen-bond acceptors (Lipinski definition) is 3. The average molecular weight is 295 g/mol. The number of furan rings is 1. The minimum absolute atomic E-state index is 0.531. The summed E-state index contributed by atoms with van der Waals surface area (Å²) in [6.07, 6.45) is 1.71. The smallest absolute Gasteiger partial charge is 0.150 e. The summed E-state index contributed by atoms with van der Waals surface area (Å²) in [4.78, 5) is 0. The van der Waals surface area contributed by atoms with E-state index >= 15 is 0 Å². The maximum absolute atomic E-state index is 10.2. The van der Waals surface area contributed by atoms with Crippen LogP contribution in [0.25, 0.3) is 0 Å². The summed E-state index contributed by atoms with van der Waals surface area (Å²) in [5, 5.41) is 10.2. The highest BCUT2D eigenvalue weighted by molar-refractivity contribution is 9.10. The Labute approximate surface area is 107 Å². The normalized spacial score (nSPS) is 15.4. The van der Waals surface area contributed by atoms with Crippen LogP contribution in [0.15, 0.2) is 39.4 Å². The fraction of sp³-hybridized carbons (Fsp3) is 0.231. The predicted molar refractivity (Wildman–Crippen MR) is 66.1 cm³/mol. The van der Waals surface area contributed by atoms with Crippen molar-refractivity contribution in [3.05, 3.63) is 51.9 Å². The third-order valence-electron chi connectivity index (χ3n) is 2.92. The van der Waals surface area contributed by atoms with E-state index in [1.165, 1.54) is 0 Å². The van der Waals surface area contributed by atoms with Crippen LogP contribution in [0, 0.1) is 0 Å². The monoisotopic (exact) mass is 294 g/mol. The Kier molecular flexibility index (Phi) is 2.68. The van der Waals surface area contributed by atoms with Gasteiger partial charge in [0, 0.05) is 6.42 Å². The molecule has 0 radical (unpaired) electrons. The minimum atomic E-state index is -0.745. The molecule has 1 atom stereocenters. The van der Waals surface area contributed by atoms with Gasteiger partial charge in [-0.15, -0.1) is 0 Å². The SMILES string of the molecule is OC(c1ccc2c(c1)CCO2)c1occc1Br. The van der Waals surface area contributed by atoms with E-state index in [0.717, 1.165) is 34.4 Å². The standard InChI is InChI=1S/C13H11BrO3/c14-10-4-6-17-13(10)12(15)9-1-2-11-8(7-9)3-5-16-11/h1-2,4,6-7,12,15H,3,5H2. The summed E-state index contributed by atoms with van der Waals surface area (Å²) < 4.78 is 11.5. The summed E-state index contributed by atoms with van der Waals surface area (Å²) in [5.41, 5.74) is 1.97. The highest BCUT2D eigenvalue weighted by Crippen LogP contribution is 2.33. The molecule has 4 heteroatoms. The molecule has 0 fully saturated rings. The first-order valence-electron chi connectivity index (χ1n) is 5.42. The van der Waals surface area contributed by atoms with Crippen LogP contribution in [-0.4, -0.2) is 11.7 Å². The second-order valence-corrected chi connectivity index (χ2v) is 4.86. The van der Waals surface area contributed by atoms with Gasteiger partial charge in [-0.05, 0) is 45.3 Å². The van der Waals surface area contributed by atoms with Gasteiger partial charge in [-0.3, -0.25) is 0 Å². The van der Waals surface area contributed by atoms with Gasteiger partial charge in [0.2, 0.25) is 0 Å². The van der Waals surface area contributed by atoms with Crippen LogP contribution in [0.2, 0.25) is 0 Å². The lowest BCUT2D eigenvalue weighted by atomic mass is 10.0. The van der Waals surface area contributed by atoms with Crippen LogP contribution in [0.3, 0.4) is 0 Å². The molecule has 0 amide bonds. The average Bonchev–Trinajstić information content (AvgIpc) is 2.95. The molecule has 0 bridgehead atoms. The van der Waals surface area contributed by atoms with Gasteiger partial charge in [-0.1, -0.05) is 6.07 Å². The zero-order valence-corrected chi connectivity index (χ0v) is 10.6. The number of hydrogen-bond donors (Lipinski definition) is 1. The fourth-order valence-electron chi connectivity index (χ4n) is 2.03. The molecule has 1 N–H and O–H groups in total. The van der Waals surface area contributed by atoms with Gasteiger partial charge in [0.15, 0.2) is 5.76 Å². The Morgan fingerprint density at radius 2 is 2.18 bits per heavy atom. The first-order chi connectivity index (χ1) is 8.25. The second kappa shape index (κ2) is 4.20. The van der Waals surface area contributed by atoms with Gasteiger partial charge in [0.05, 0.1) is 17.3 Å². The van der Waals surface area contributed by atoms with Crippen molar-refractivity contribution in [2.75, 3.05) is 6.61 Å². The third kappa shape index (κ3) is 1.87. The zero-order chi connectivity index (χ0) is 11.8. The molecule has 2 heterocycles. The highest BCUT2D eigenvalue weighted by Gasteiger charge is 2.20. The highest BCUT2D eigenvalue weighted by atomic mass is 79.9. The molecule has 1 aliphatic rings. The predicted octanol–water partition coefficient (Wildman–Crippen LogP) is 3.06. The number of aliphatic hydroxyl groups is 1. The molecule has 0 aliphatic carbocycles. The summed E-state index contributed by atoms with van der Waals surface area (Å²) in [6, 6.07) is 7.51. The van der Waals surface area contributed by atoms with E-state index in [1.54, 1.807) is 12.3 Å². The summed E-state index contributed by atoms with van der Waals surface area (Å²) in [5.74, 6) is 1.45. The first kappa shape index (κ1) is 10.9. The van der Waals surface area contributed by atoms with E-state index in [4.69, 9.17) is 9.15 Å². The van der Waals surface area contributed by atoms with Crippen molar-refractivity contribution < 1.29 is 14.3 Å². The van der Waals surface area contributed by atoms with E-state index in [0.29, 0.717) is 5.76 Å². The van der Waals surface area contributed by atoms with Gasteiger partial charge >= 0.3 is 0 Å². The van der Waals surface area contributed by atoms with Gasteiger partial charge in [0.25, 0.3) is 0 Å². The molecule has 1 aliphatic heterocycles. The summed E-state index contributed by atoms with van der Waals surface area (Å²) >= 11 is 3.35. The number of fused-ring (bicyclic) bond motifs is 1. The molecule has 3 nitrogen and oxygen atoms in total. The molecule has 0 spiro atoms. The summed E-state index contributed by atoms with van der Waals surface area (Å²) in [6.45, 7) is 0.722. The Balaban J connectivity index is 1.97. The molecular weight excluding hydrogens is 284 g/mol. The lowest BCUT2D eigenvalue weighted by Gasteiger charge is -2.10. The number of benzene rings is 1. The fourth-order valence-corrected chi connectivity index (χ4v) is 2.45. The van der Waals surface area contributed by atoms with Crippen LogP contribution < -0.4 is 4.74 Å².